The number of hydrogen-bond donors (Lipinski definition) is 1. The Morgan fingerprint density at radius 2 is 2.15 bits per heavy atom. The Bertz CT molecular complexity index is 603. The summed E-state index contributed by atoms with van der Waals surface area (Å²) in [4.78, 5) is 12.1. The van der Waals surface area contributed by atoms with Crippen LogP contribution in [0.1, 0.15) is 34.7 Å². The van der Waals surface area contributed by atoms with Crippen molar-refractivity contribution in [3.8, 4) is 5.75 Å². The monoisotopic (exact) mass is 272 g/mol. The van der Waals surface area contributed by atoms with Crippen LogP contribution in [-0.4, -0.2) is 17.1 Å². The maximum atomic E-state index is 12.1. The molecule has 0 spiro atoms. The topological polar surface area (TPSA) is 64.4 Å². The number of carbonyl (C=O) groups is 1. The van der Waals surface area contributed by atoms with Gasteiger partial charge in [0.15, 0.2) is 5.69 Å². The van der Waals surface area contributed by atoms with E-state index in [1.54, 1.807) is 6.92 Å². The van der Waals surface area contributed by atoms with Crippen LogP contribution in [0.3, 0.4) is 0 Å². The molecule has 0 bridgehead atoms. The van der Waals surface area contributed by atoms with Gasteiger partial charge in [0.1, 0.15) is 18.1 Å². The van der Waals surface area contributed by atoms with Crippen molar-refractivity contribution >= 4 is 5.91 Å². The van der Waals surface area contributed by atoms with Crippen LogP contribution in [0, 0.1) is 6.92 Å². The van der Waals surface area contributed by atoms with Gasteiger partial charge >= 0.3 is 0 Å². The molecular weight excluding hydrogens is 256 g/mol. The predicted molar refractivity (Wildman–Crippen MR) is 72.5 cm³/mol. The van der Waals surface area contributed by atoms with Gasteiger partial charge in [0.25, 0.3) is 5.91 Å². The molecule has 1 aliphatic carbocycles. The minimum Gasteiger partial charge on any atom is -0.489 e. The number of amides is 1. The van der Waals surface area contributed by atoms with Crippen molar-refractivity contribution in [1.29, 1.82) is 0 Å². The van der Waals surface area contributed by atoms with E-state index >= 15 is 0 Å². The number of ether oxygens (including phenoxy) is 1. The van der Waals surface area contributed by atoms with Crippen molar-refractivity contribution in [3.63, 3.8) is 0 Å². The maximum absolute atomic E-state index is 12.1. The van der Waals surface area contributed by atoms with Crippen molar-refractivity contribution in [2.75, 3.05) is 0 Å². The number of nitrogens with one attached hydrogen (secondary N) is 1. The zero-order valence-electron chi connectivity index (χ0n) is 11.3. The van der Waals surface area contributed by atoms with Gasteiger partial charge in [-0.2, -0.15) is 0 Å². The Kier molecular flexibility index (Phi) is 3.41. The van der Waals surface area contributed by atoms with Gasteiger partial charge in [0.05, 0.1) is 5.56 Å². The molecule has 2 aromatic rings. The summed E-state index contributed by atoms with van der Waals surface area (Å²) in [5.74, 6) is 1.18. The molecule has 20 heavy (non-hydrogen) atoms. The second-order valence-corrected chi connectivity index (χ2v) is 4.92. The molecule has 5 heteroatoms. The third-order valence-electron chi connectivity index (χ3n) is 3.24. The highest BCUT2D eigenvalue weighted by Gasteiger charge is 2.27. The second kappa shape index (κ2) is 5.36. The summed E-state index contributed by atoms with van der Waals surface area (Å²) in [5.41, 5.74) is 1.03. The Morgan fingerprint density at radius 3 is 2.85 bits per heavy atom. The zero-order chi connectivity index (χ0) is 13.9. The van der Waals surface area contributed by atoms with Gasteiger partial charge in [0.2, 0.25) is 0 Å². The largest absolute Gasteiger partial charge is 0.489 e. The van der Waals surface area contributed by atoms with Crippen molar-refractivity contribution in [2.24, 2.45) is 0 Å². The smallest absolute Gasteiger partial charge is 0.274 e. The number of aryl methyl sites for hydroxylation is 1. The van der Waals surface area contributed by atoms with E-state index in [1.807, 2.05) is 30.3 Å². The normalized spacial score (nSPS) is 14.1. The first-order valence-corrected chi connectivity index (χ1v) is 6.68. The highest BCUT2D eigenvalue weighted by atomic mass is 16.5. The number of carbonyl (C=O) groups excluding carboxylic acids is 1. The number of nitrogens with zero attached hydrogens (tertiary/aromatic N) is 1. The van der Waals surface area contributed by atoms with E-state index in [2.05, 4.69) is 10.5 Å². The Hall–Kier alpha value is -2.30. The average Bonchev–Trinajstić information content (AvgIpc) is 3.19. The van der Waals surface area contributed by atoms with E-state index in [1.165, 1.54) is 0 Å². The molecule has 5 nitrogen and oxygen atoms in total. The molecular formula is C15H16N2O3. The third-order valence-corrected chi connectivity index (χ3v) is 3.24. The highest BCUT2D eigenvalue weighted by Crippen LogP contribution is 2.21. The van der Waals surface area contributed by atoms with Crippen LogP contribution < -0.4 is 10.1 Å². The number of para-hydroxylation sites is 1. The summed E-state index contributed by atoms with van der Waals surface area (Å²) >= 11 is 0. The van der Waals surface area contributed by atoms with Crippen LogP contribution in [-0.2, 0) is 6.61 Å². The molecule has 1 aromatic heterocycles. The summed E-state index contributed by atoms with van der Waals surface area (Å²) in [5, 5.41) is 6.75. The van der Waals surface area contributed by atoms with Crippen molar-refractivity contribution in [1.82, 2.24) is 10.5 Å². The quantitative estimate of drug-likeness (QED) is 0.908. The fourth-order valence-electron chi connectivity index (χ4n) is 1.89. The fourth-order valence-corrected chi connectivity index (χ4v) is 1.89. The van der Waals surface area contributed by atoms with Crippen LogP contribution in [0.25, 0.3) is 0 Å². The van der Waals surface area contributed by atoms with Crippen LogP contribution in [0.2, 0.25) is 0 Å². The average molecular weight is 272 g/mol. The summed E-state index contributed by atoms with van der Waals surface area (Å²) in [6.07, 6.45) is 2.08. The lowest BCUT2D eigenvalue weighted by molar-refractivity contribution is 0.0940. The summed E-state index contributed by atoms with van der Waals surface area (Å²) in [7, 11) is 0. The van der Waals surface area contributed by atoms with Gasteiger partial charge in [-0.3, -0.25) is 4.79 Å². The first kappa shape index (κ1) is 12.7. The van der Waals surface area contributed by atoms with Crippen molar-refractivity contribution < 1.29 is 14.1 Å². The van der Waals surface area contributed by atoms with Crippen LogP contribution in [0.15, 0.2) is 34.9 Å². The molecule has 1 saturated carbocycles. The van der Waals surface area contributed by atoms with Crippen molar-refractivity contribution in [3.05, 3.63) is 47.3 Å². The summed E-state index contributed by atoms with van der Waals surface area (Å²) in [6, 6.07) is 9.75. The van der Waals surface area contributed by atoms with Crippen molar-refractivity contribution in [2.45, 2.75) is 32.4 Å². The van der Waals surface area contributed by atoms with Crippen LogP contribution in [0.5, 0.6) is 5.75 Å². The number of hydrogen-bond acceptors (Lipinski definition) is 4. The standard InChI is InChI=1S/C15H16N2O3/c1-10-13(9-19-12-5-3-2-4-6-12)14(17-20-10)15(18)16-11-7-8-11/h2-6,11H,7-9H2,1H3,(H,16,18). The highest BCUT2D eigenvalue weighted by molar-refractivity contribution is 5.94. The van der Waals surface area contributed by atoms with E-state index in [0.29, 0.717) is 23.1 Å². The minimum atomic E-state index is -0.184. The Morgan fingerprint density at radius 1 is 1.40 bits per heavy atom. The number of rotatable bonds is 5. The molecule has 1 amide bonds. The van der Waals surface area contributed by atoms with Gasteiger partial charge in [0, 0.05) is 6.04 Å². The molecule has 0 radical (unpaired) electrons. The zero-order valence-corrected chi connectivity index (χ0v) is 11.3. The molecule has 1 aliphatic rings. The molecule has 1 aromatic carbocycles. The molecule has 3 rings (SSSR count). The van der Waals surface area contributed by atoms with E-state index in [-0.39, 0.29) is 12.5 Å². The summed E-state index contributed by atoms with van der Waals surface area (Å²) < 4.78 is 10.8. The van der Waals surface area contributed by atoms with Gasteiger partial charge in [-0.05, 0) is 31.9 Å². The fraction of sp³-hybridized carbons (Fsp3) is 0.333. The number of aromatic nitrogens is 1. The minimum absolute atomic E-state index is 0.184. The Labute approximate surface area is 116 Å². The lowest BCUT2D eigenvalue weighted by Crippen LogP contribution is -2.26. The Balaban J connectivity index is 1.71. The van der Waals surface area contributed by atoms with Gasteiger partial charge in [-0.15, -0.1) is 0 Å². The van der Waals surface area contributed by atoms with E-state index in [0.717, 1.165) is 18.6 Å². The molecule has 1 N–H and O–H groups in total. The second-order valence-electron chi connectivity index (χ2n) is 4.92. The molecule has 0 atom stereocenters. The number of benzene rings is 1. The summed E-state index contributed by atoms with van der Waals surface area (Å²) in [6.45, 7) is 2.05. The molecule has 0 unspecified atom stereocenters. The SMILES string of the molecule is Cc1onc(C(=O)NC2CC2)c1COc1ccccc1. The molecule has 104 valence electrons. The maximum Gasteiger partial charge on any atom is 0.274 e. The van der Waals surface area contributed by atoms with E-state index in [9.17, 15) is 4.79 Å². The van der Waals surface area contributed by atoms with E-state index in [4.69, 9.17) is 9.26 Å². The lowest BCUT2D eigenvalue weighted by Gasteiger charge is -2.06. The van der Waals surface area contributed by atoms with Crippen LogP contribution >= 0.6 is 0 Å². The molecule has 1 fully saturated rings. The molecule has 0 saturated heterocycles. The van der Waals surface area contributed by atoms with Gasteiger partial charge in [-0.25, -0.2) is 0 Å². The first-order chi connectivity index (χ1) is 9.74. The van der Waals surface area contributed by atoms with Gasteiger partial charge < -0.3 is 14.6 Å². The van der Waals surface area contributed by atoms with Gasteiger partial charge in [-0.1, -0.05) is 23.4 Å². The lowest BCUT2D eigenvalue weighted by atomic mass is 10.2. The van der Waals surface area contributed by atoms with E-state index < -0.39 is 0 Å². The first-order valence-electron chi connectivity index (χ1n) is 6.68. The molecule has 1 heterocycles. The molecule has 0 aliphatic heterocycles. The predicted octanol–water partition coefficient (Wildman–Crippen LogP) is 2.45. The van der Waals surface area contributed by atoms with Crippen LogP contribution in [0.4, 0.5) is 0 Å². The third kappa shape index (κ3) is 2.82.